The zero-order valence-corrected chi connectivity index (χ0v) is 6.47. The molecule has 0 radical (unpaired) electrons. The molecule has 1 saturated carbocycles. The first-order chi connectivity index (χ1) is 4.93. The Bertz CT molecular complexity index is 77.3. The molecule has 0 atom stereocenters. The van der Waals surface area contributed by atoms with Crippen molar-refractivity contribution in [2.24, 2.45) is 0 Å². The Hall–Kier alpha value is -0.0800. The van der Waals surface area contributed by atoms with Gasteiger partial charge < -0.3 is 5.21 Å². The highest BCUT2D eigenvalue weighted by Gasteiger charge is 2.08. The third-order valence-electron chi connectivity index (χ3n) is 2.29. The lowest BCUT2D eigenvalue weighted by atomic mass is 9.97. The first-order valence-electron chi connectivity index (χ1n) is 4.33. The van der Waals surface area contributed by atoms with Gasteiger partial charge in [0.25, 0.3) is 0 Å². The second kappa shape index (κ2) is 4.69. The fraction of sp³-hybridized carbons (Fsp3) is 1.00. The molecule has 1 fully saturated rings. The van der Waals surface area contributed by atoms with E-state index in [1.54, 1.807) is 0 Å². The van der Waals surface area contributed by atoms with Gasteiger partial charge >= 0.3 is 0 Å². The average Bonchev–Trinajstić information content (AvgIpc) is 1.87. The van der Waals surface area contributed by atoms with Crippen molar-refractivity contribution in [1.82, 2.24) is 5.48 Å². The van der Waals surface area contributed by atoms with E-state index in [1.165, 1.54) is 32.1 Å². The van der Waals surface area contributed by atoms with E-state index >= 15 is 0 Å². The maximum Gasteiger partial charge on any atom is 0.0319 e. The van der Waals surface area contributed by atoms with Crippen LogP contribution in [0, 0.1) is 0 Å². The summed E-state index contributed by atoms with van der Waals surface area (Å²) in [6, 6.07) is 0.375. The summed E-state index contributed by atoms with van der Waals surface area (Å²) in [7, 11) is 0. The molecule has 0 amide bonds. The van der Waals surface area contributed by atoms with Gasteiger partial charge in [0.05, 0.1) is 0 Å². The predicted octanol–water partition coefficient (Wildman–Crippen LogP) is 2.08. The summed E-state index contributed by atoms with van der Waals surface area (Å²) in [6.07, 6.45) is 8.93. The maximum absolute atomic E-state index is 8.66. The van der Waals surface area contributed by atoms with E-state index in [2.05, 4.69) is 5.48 Å². The molecule has 0 spiro atoms. The van der Waals surface area contributed by atoms with Gasteiger partial charge in [-0.25, -0.2) is 5.48 Å². The van der Waals surface area contributed by atoms with Gasteiger partial charge in [-0.1, -0.05) is 32.1 Å². The molecular formula is C8H17NO. The molecular weight excluding hydrogens is 126 g/mol. The molecule has 0 heterocycles. The van der Waals surface area contributed by atoms with Crippen LogP contribution in [0.25, 0.3) is 0 Å². The molecule has 0 saturated heterocycles. The predicted molar refractivity (Wildman–Crippen MR) is 41.0 cm³/mol. The molecule has 10 heavy (non-hydrogen) atoms. The molecule has 0 aliphatic heterocycles. The van der Waals surface area contributed by atoms with Crippen LogP contribution in [-0.4, -0.2) is 11.2 Å². The van der Waals surface area contributed by atoms with E-state index < -0.39 is 0 Å². The number of rotatable bonds is 1. The molecule has 0 bridgehead atoms. The fourth-order valence-corrected chi connectivity index (χ4v) is 1.59. The van der Waals surface area contributed by atoms with Gasteiger partial charge in [-0.05, 0) is 12.8 Å². The molecule has 60 valence electrons. The zero-order valence-electron chi connectivity index (χ0n) is 6.47. The number of nitrogens with one attached hydrogen (secondary N) is 1. The van der Waals surface area contributed by atoms with Crippen molar-refractivity contribution in [3.63, 3.8) is 0 Å². The lowest BCUT2D eigenvalue weighted by molar-refractivity contribution is 0.112. The summed E-state index contributed by atoms with van der Waals surface area (Å²) in [6.45, 7) is 0. The molecule has 2 N–H and O–H groups in total. The molecule has 0 aromatic rings. The third kappa shape index (κ3) is 2.67. The van der Waals surface area contributed by atoms with Crippen LogP contribution < -0.4 is 5.48 Å². The van der Waals surface area contributed by atoms with Crippen molar-refractivity contribution in [2.45, 2.75) is 51.0 Å². The van der Waals surface area contributed by atoms with Crippen LogP contribution in [0.15, 0.2) is 0 Å². The minimum absolute atomic E-state index is 0.375. The first-order valence-corrected chi connectivity index (χ1v) is 4.33. The summed E-state index contributed by atoms with van der Waals surface area (Å²) in [5, 5.41) is 8.66. The average molecular weight is 143 g/mol. The summed E-state index contributed by atoms with van der Waals surface area (Å²) < 4.78 is 0. The zero-order chi connectivity index (χ0) is 7.23. The largest absolute Gasteiger partial charge is 0.317 e. The second-order valence-corrected chi connectivity index (χ2v) is 3.17. The SMILES string of the molecule is ONC1CCCCCCC1. The smallest absolute Gasteiger partial charge is 0.0319 e. The lowest BCUT2D eigenvalue weighted by Crippen LogP contribution is -2.26. The molecule has 0 unspecified atom stereocenters. The molecule has 2 nitrogen and oxygen atoms in total. The van der Waals surface area contributed by atoms with Crippen molar-refractivity contribution in [1.29, 1.82) is 0 Å². The Morgan fingerprint density at radius 2 is 1.40 bits per heavy atom. The van der Waals surface area contributed by atoms with Crippen molar-refractivity contribution in [3.05, 3.63) is 0 Å². The summed E-state index contributed by atoms with van der Waals surface area (Å²) >= 11 is 0. The maximum atomic E-state index is 8.66. The van der Waals surface area contributed by atoms with Gasteiger partial charge in [-0.15, -0.1) is 0 Å². The summed E-state index contributed by atoms with van der Waals surface area (Å²) in [4.78, 5) is 0. The molecule has 1 aliphatic carbocycles. The number of hydrogen-bond acceptors (Lipinski definition) is 2. The van der Waals surface area contributed by atoms with Crippen LogP contribution in [0.4, 0.5) is 0 Å². The highest BCUT2D eigenvalue weighted by molar-refractivity contribution is 4.65. The highest BCUT2D eigenvalue weighted by atomic mass is 16.5. The summed E-state index contributed by atoms with van der Waals surface area (Å²) in [5.41, 5.74) is 2.37. The fourth-order valence-electron chi connectivity index (χ4n) is 1.59. The van der Waals surface area contributed by atoms with Gasteiger partial charge in [0, 0.05) is 6.04 Å². The van der Waals surface area contributed by atoms with E-state index in [1.807, 2.05) is 0 Å². The Kier molecular flexibility index (Phi) is 3.76. The van der Waals surface area contributed by atoms with Gasteiger partial charge in [-0.2, -0.15) is 0 Å². The minimum Gasteiger partial charge on any atom is -0.317 e. The van der Waals surface area contributed by atoms with Crippen LogP contribution in [0.5, 0.6) is 0 Å². The van der Waals surface area contributed by atoms with Crippen molar-refractivity contribution in [3.8, 4) is 0 Å². The van der Waals surface area contributed by atoms with Gasteiger partial charge in [0.15, 0.2) is 0 Å². The van der Waals surface area contributed by atoms with Crippen LogP contribution in [0.3, 0.4) is 0 Å². The Morgan fingerprint density at radius 3 is 1.90 bits per heavy atom. The van der Waals surface area contributed by atoms with E-state index in [0.29, 0.717) is 6.04 Å². The van der Waals surface area contributed by atoms with Crippen molar-refractivity contribution < 1.29 is 5.21 Å². The minimum atomic E-state index is 0.375. The van der Waals surface area contributed by atoms with E-state index in [9.17, 15) is 0 Å². The van der Waals surface area contributed by atoms with E-state index in [-0.39, 0.29) is 0 Å². The monoisotopic (exact) mass is 143 g/mol. The second-order valence-electron chi connectivity index (χ2n) is 3.17. The third-order valence-corrected chi connectivity index (χ3v) is 2.29. The topological polar surface area (TPSA) is 32.3 Å². The van der Waals surface area contributed by atoms with E-state index in [0.717, 1.165) is 12.8 Å². The Balaban J connectivity index is 2.16. The van der Waals surface area contributed by atoms with Crippen LogP contribution >= 0.6 is 0 Å². The first kappa shape index (κ1) is 8.02. The molecule has 1 aliphatic rings. The van der Waals surface area contributed by atoms with Crippen LogP contribution in [0.1, 0.15) is 44.9 Å². The quantitative estimate of drug-likeness (QED) is 0.551. The molecule has 0 aromatic carbocycles. The van der Waals surface area contributed by atoms with E-state index in [4.69, 9.17) is 5.21 Å². The Labute approximate surface area is 62.6 Å². The highest BCUT2D eigenvalue weighted by Crippen LogP contribution is 2.16. The molecule has 0 aromatic heterocycles. The van der Waals surface area contributed by atoms with Crippen molar-refractivity contribution >= 4 is 0 Å². The van der Waals surface area contributed by atoms with Gasteiger partial charge in [-0.3, -0.25) is 0 Å². The molecule has 2 heteroatoms. The standard InChI is InChI=1S/C8H17NO/c10-9-8-6-4-2-1-3-5-7-8/h8-10H,1-7H2. The van der Waals surface area contributed by atoms with Gasteiger partial charge in [0.1, 0.15) is 0 Å². The lowest BCUT2D eigenvalue weighted by Gasteiger charge is -2.17. The Morgan fingerprint density at radius 1 is 0.900 bits per heavy atom. The normalized spacial score (nSPS) is 23.7. The van der Waals surface area contributed by atoms with Gasteiger partial charge in [0.2, 0.25) is 0 Å². The van der Waals surface area contributed by atoms with Crippen molar-refractivity contribution in [2.75, 3.05) is 0 Å². The number of hydrogen-bond donors (Lipinski definition) is 2. The van der Waals surface area contributed by atoms with Crippen LogP contribution in [-0.2, 0) is 0 Å². The molecule has 1 rings (SSSR count). The summed E-state index contributed by atoms with van der Waals surface area (Å²) in [5.74, 6) is 0. The number of hydroxylamine groups is 1. The van der Waals surface area contributed by atoms with Crippen LogP contribution in [0.2, 0.25) is 0 Å².